The molecule has 2 rings (SSSR count). The van der Waals surface area contributed by atoms with Crippen molar-refractivity contribution in [1.29, 1.82) is 0 Å². The second-order valence-corrected chi connectivity index (χ2v) is 4.56. The first kappa shape index (κ1) is 10.5. The van der Waals surface area contributed by atoms with Gasteiger partial charge in [-0.15, -0.1) is 11.3 Å². The van der Waals surface area contributed by atoms with E-state index in [0.717, 1.165) is 6.61 Å². The quantitative estimate of drug-likeness (QED) is 0.855. The Hall–Kier alpha value is -1.06. The zero-order valence-electron chi connectivity index (χ0n) is 8.99. The number of hydrogen-bond donors (Lipinski definition) is 1. The third-order valence-electron chi connectivity index (χ3n) is 2.30. The summed E-state index contributed by atoms with van der Waals surface area (Å²) in [5, 5.41) is 6.88. The van der Waals surface area contributed by atoms with Crippen molar-refractivity contribution in [2.75, 3.05) is 19.0 Å². The molecule has 1 heterocycles. The number of nitrogens with one attached hydrogen (secondary N) is 1. The Kier molecular flexibility index (Phi) is 3.23. The van der Waals surface area contributed by atoms with E-state index in [1.165, 1.54) is 15.8 Å². The van der Waals surface area contributed by atoms with Gasteiger partial charge in [-0.25, -0.2) is 0 Å². The van der Waals surface area contributed by atoms with Crippen LogP contribution in [0, 0.1) is 0 Å². The molecule has 0 aliphatic rings. The van der Waals surface area contributed by atoms with Gasteiger partial charge in [-0.3, -0.25) is 0 Å². The molecule has 15 heavy (non-hydrogen) atoms. The molecule has 0 radical (unpaired) electrons. The molecule has 0 saturated carbocycles. The Morgan fingerprint density at radius 3 is 3.07 bits per heavy atom. The largest absolute Gasteiger partial charge is 0.383 e. The molecule has 0 bridgehead atoms. The Morgan fingerprint density at radius 1 is 1.40 bits per heavy atom. The zero-order chi connectivity index (χ0) is 10.7. The van der Waals surface area contributed by atoms with E-state index in [2.05, 4.69) is 41.9 Å². The third-order valence-corrected chi connectivity index (χ3v) is 3.26. The molecule has 0 fully saturated rings. The summed E-state index contributed by atoms with van der Waals surface area (Å²) in [6.45, 7) is 2.84. The topological polar surface area (TPSA) is 21.3 Å². The lowest BCUT2D eigenvalue weighted by molar-refractivity contribution is 0.190. The van der Waals surface area contributed by atoms with Crippen molar-refractivity contribution in [1.82, 2.24) is 0 Å². The van der Waals surface area contributed by atoms with E-state index in [0.29, 0.717) is 6.04 Å². The maximum atomic E-state index is 5.11. The van der Waals surface area contributed by atoms with Crippen molar-refractivity contribution in [2.45, 2.75) is 13.0 Å². The standard InChI is InChI=1S/C12H15NOS/c1-9(8-14-2)13-11-5-3-4-10-6-7-15-12(10)11/h3-7,9,13H,8H2,1-2H3/t9-/m0/s1. The summed E-state index contributed by atoms with van der Waals surface area (Å²) in [6, 6.07) is 8.81. The molecular formula is C12H15NOS. The van der Waals surface area contributed by atoms with Crippen LogP contribution in [0.2, 0.25) is 0 Å². The molecule has 3 heteroatoms. The van der Waals surface area contributed by atoms with E-state index in [-0.39, 0.29) is 0 Å². The highest BCUT2D eigenvalue weighted by atomic mass is 32.1. The van der Waals surface area contributed by atoms with Crippen LogP contribution in [0.1, 0.15) is 6.92 Å². The lowest BCUT2D eigenvalue weighted by Gasteiger charge is -2.14. The van der Waals surface area contributed by atoms with Gasteiger partial charge in [-0.2, -0.15) is 0 Å². The highest BCUT2D eigenvalue weighted by Crippen LogP contribution is 2.28. The van der Waals surface area contributed by atoms with E-state index in [9.17, 15) is 0 Å². The number of anilines is 1. The van der Waals surface area contributed by atoms with Crippen LogP contribution >= 0.6 is 11.3 Å². The van der Waals surface area contributed by atoms with Crippen molar-refractivity contribution < 1.29 is 4.74 Å². The van der Waals surface area contributed by atoms with Crippen LogP contribution in [0.4, 0.5) is 5.69 Å². The molecule has 1 aromatic heterocycles. The fraction of sp³-hybridized carbons (Fsp3) is 0.333. The molecule has 2 nitrogen and oxygen atoms in total. The van der Waals surface area contributed by atoms with Gasteiger partial charge in [0.1, 0.15) is 0 Å². The molecule has 0 aliphatic carbocycles. The summed E-state index contributed by atoms with van der Waals surface area (Å²) >= 11 is 1.77. The molecule has 0 spiro atoms. The van der Waals surface area contributed by atoms with Crippen LogP contribution in [0.3, 0.4) is 0 Å². The number of rotatable bonds is 4. The Morgan fingerprint density at radius 2 is 2.27 bits per heavy atom. The fourth-order valence-electron chi connectivity index (χ4n) is 1.66. The Labute approximate surface area is 93.9 Å². The van der Waals surface area contributed by atoms with Crippen LogP contribution in [0.15, 0.2) is 29.6 Å². The molecule has 1 N–H and O–H groups in total. The minimum atomic E-state index is 0.336. The van der Waals surface area contributed by atoms with Gasteiger partial charge < -0.3 is 10.1 Å². The lowest BCUT2D eigenvalue weighted by atomic mass is 10.2. The normalized spacial score (nSPS) is 12.9. The van der Waals surface area contributed by atoms with Crippen molar-refractivity contribution in [3.63, 3.8) is 0 Å². The molecule has 0 amide bonds. The van der Waals surface area contributed by atoms with Gasteiger partial charge >= 0.3 is 0 Å². The highest BCUT2D eigenvalue weighted by Gasteiger charge is 2.05. The summed E-state index contributed by atoms with van der Waals surface area (Å²) in [7, 11) is 1.73. The summed E-state index contributed by atoms with van der Waals surface area (Å²) in [4.78, 5) is 0. The summed E-state index contributed by atoms with van der Waals surface area (Å²) < 4.78 is 6.43. The first-order valence-corrected chi connectivity index (χ1v) is 5.91. The highest BCUT2D eigenvalue weighted by molar-refractivity contribution is 7.17. The monoisotopic (exact) mass is 221 g/mol. The first-order chi connectivity index (χ1) is 7.31. The Bertz CT molecular complexity index is 438. The van der Waals surface area contributed by atoms with Gasteiger partial charge in [-0.1, -0.05) is 12.1 Å². The Balaban J connectivity index is 2.23. The maximum Gasteiger partial charge on any atom is 0.0661 e. The molecule has 0 aliphatic heterocycles. The van der Waals surface area contributed by atoms with Gasteiger partial charge in [0.2, 0.25) is 0 Å². The smallest absolute Gasteiger partial charge is 0.0661 e. The second-order valence-electron chi connectivity index (χ2n) is 3.65. The van der Waals surface area contributed by atoms with Crippen LogP contribution < -0.4 is 5.32 Å². The number of benzene rings is 1. The van der Waals surface area contributed by atoms with Crippen molar-refractivity contribution in [3.05, 3.63) is 29.6 Å². The minimum absolute atomic E-state index is 0.336. The second kappa shape index (κ2) is 4.64. The van der Waals surface area contributed by atoms with E-state index in [4.69, 9.17) is 4.74 Å². The number of methoxy groups -OCH3 is 1. The van der Waals surface area contributed by atoms with Crippen LogP contribution in [-0.2, 0) is 4.74 Å². The van der Waals surface area contributed by atoms with Gasteiger partial charge in [-0.05, 0) is 29.8 Å². The molecule has 1 atom stereocenters. The SMILES string of the molecule is COC[C@H](C)Nc1cccc2ccsc12. The number of ether oxygens (including phenoxy) is 1. The van der Waals surface area contributed by atoms with Crippen molar-refractivity contribution in [2.24, 2.45) is 0 Å². The zero-order valence-corrected chi connectivity index (χ0v) is 9.80. The summed E-state index contributed by atoms with van der Waals surface area (Å²) in [5.41, 5.74) is 1.20. The van der Waals surface area contributed by atoms with Crippen LogP contribution in [0.25, 0.3) is 10.1 Å². The predicted octanol–water partition coefficient (Wildman–Crippen LogP) is 3.35. The molecule has 0 saturated heterocycles. The van der Waals surface area contributed by atoms with E-state index in [1.54, 1.807) is 18.4 Å². The van der Waals surface area contributed by atoms with Crippen LogP contribution in [-0.4, -0.2) is 19.8 Å². The van der Waals surface area contributed by atoms with Gasteiger partial charge in [0.15, 0.2) is 0 Å². The lowest BCUT2D eigenvalue weighted by Crippen LogP contribution is -2.20. The van der Waals surface area contributed by atoms with Gasteiger partial charge in [0.25, 0.3) is 0 Å². The van der Waals surface area contributed by atoms with Crippen LogP contribution in [0.5, 0.6) is 0 Å². The number of hydrogen-bond acceptors (Lipinski definition) is 3. The molecule has 1 aromatic carbocycles. The molecule has 0 unspecified atom stereocenters. The predicted molar refractivity (Wildman–Crippen MR) is 66.8 cm³/mol. The van der Waals surface area contributed by atoms with E-state index >= 15 is 0 Å². The number of fused-ring (bicyclic) bond motifs is 1. The van der Waals surface area contributed by atoms with Crippen molar-refractivity contribution in [3.8, 4) is 0 Å². The first-order valence-electron chi connectivity index (χ1n) is 5.03. The molecule has 80 valence electrons. The third kappa shape index (κ3) is 2.30. The average Bonchev–Trinajstić information content (AvgIpc) is 2.67. The molecule has 2 aromatic rings. The number of thiophene rings is 1. The maximum absolute atomic E-state index is 5.11. The van der Waals surface area contributed by atoms with Gasteiger partial charge in [0, 0.05) is 13.2 Å². The van der Waals surface area contributed by atoms with Gasteiger partial charge in [0.05, 0.1) is 17.0 Å². The summed E-state index contributed by atoms with van der Waals surface area (Å²) in [6.07, 6.45) is 0. The summed E-state index contributed by atoms with van der Waals surface area (Å²) in [5.74, 6) is 0. The minimum Gasteiger partial charge on any atom is -0.383 e. The fourth-order valence-corrected chi connectivity index (χ4v) is 2.54. The van der Waals surface area contributed by atoms with E-state index in [1.807, 2.05) is 0 Å². The van der Waals surface area contributed by atoms with E-state index < -0.39 is 0 Å². The van der Waals surface area contributed by atoms with Crippen molar-refractivity contribution >= 4 is 27.1 Å². The molecular weight excluding hydrogens is 206 g/mol. The average molecular weight is 221 g/mol.